The lowest BCUT2D eigenvalue weighted by atomic mass is 10.0. The van der Waals surface area contributed by atoms with Crippen molar-refractivity contribution in [1.29, 1.82) is 0 Å². The maximum atomic E-state index is 10.8. The topological polar surface area (TPSA) is 55.8 Å². The zero-order valence-corrected chi connectivity index (χ0v) is 9.27. The highest BCUT2D eigenvalue weighted by Crippen LogP contribution is 2.38. The van der Waals surface area contributed by atoms with Gasteiger partial charge in [0.15, 0.2) is 11.5 Å². The summed E-state index contributed by atoms with van der Waals surface area (Å²) in [4.78, 5) is 10.8. The molecule has 1 aromatic carbocycles. The van der Waals surface area contributed by atoms with Gasteiger partial charge in [-0.3, -0.25) is 0 Å². The van der Waals surface area contributed by atoms with Gasteiger partial charge in [-0.25, -0.2) is 4.79 Å². The molecule has 0 saturated carbocycles. The van der Waals surface area contributed by atoms with Gasteiger partial charge in [-0.1, -0.05) is 26.0 Å². The number of carboxylic acids is 1. The average molecular weight is 222 g/mol. The number of carbonyl (C=O) groups is 1. The van der Waals surface area contributed by atoms with Crippen LogP contribution in [0.1, 0.15) is 25.3 Å². The van der Waals surface area contributed by atoms with E-state index in [9.17, 15) is 4.79 Å². The number of benzene rings is 1. The van der Waals surface area contributed by atoms with Crippen LogP contribution in [0.5, 0.6) is 11.5 Å². The molecule has 1 atom stereocenters. The summed E-state index contributed by atoms with van der Waals surface area (Å²) in [5.74, 6) is 0.468. The van der Waals surface area contributed by atoms with E-state index in [0.717, 1.165) is 5.56 Å². The van der Waals surface area contributed by atoms with Gasteiger partial charge in [0.05, 0.1) is 0 Å². The van der Waals surface area contributed by atoms with E-state index in [1.807, 2.05) is 26.0 Å². The Labute approximate surface area is 93.8 Å². The Balaban J connectivity index is 2.38. The first kappa shape index (κ1) is 10.8. The number of carboxylic acid groups (broad SMARTS) is 1. The minimum Gasteiger partial charge on any atom is -0.485 e. The molecule has 0 amide bonds. The van der Waals surface area contributed by atoms with Crippen molar-refractivity contribution < 1.29 is 19.4 Å². The summed E-state index contributed by atoms with van der Waals surface area (Å²) in [6, 6.07) is 5.61. The van der Waals surface area contributed by atoms with Crippen molar-refractivity contribution >= 4 is 5.97 Å². The van der Waals surface area contributed by atoms with Crippen molar-refractivity contribution in [2.24, 2.45) is 0 Å². The fourth-order valence-electron chi connectivity index (χ4n) is 1.69. The Hall–Kier alpha value is -1.71. The number of aliphatic carboxylic acids is 1. The average Bonchev–Trinajstić information content (AvgIpc) is 2.27. The quantitative estimate of drug-likeness (QED) is 0.831. The van der Waals surface area contributed by atoms with Gasteiger partial charge in [0.25, 0.3) is 0 Å². The first-order valence-corrected chi connectivity index (χ1v) is 5.24. The highest BCUT2D eigenvalue weighted by atomic mass is 16.6. The highest BCUT2D eigenvalue weighted by Gasteiger charge is 2.29. The lowest BCUT2D eigenvalue weighted by Gasteiger charge is -2.26. The van der Waals surface area contributed by atoms with Crippen LogP contribution in [0.2, 0.25) is 0 Å². The minimum atomic E-state index is -0.996. The van der Waals surface area contributed by atoms with Crippen LogP contribution >= 0.6 is 0 Å². The molecular weight excluding hydrogens is 208 g/mol. The first-order chi connectivity index (χ1) is 7.59. The van der Waals surface area contributed by atoms with Crippen molar-refractivity contribution in [3.05, 3.63) is 23.8 Å². The number of hydrogen-bond donors (Lipinski definition) is 1. The maximum absolute atomic E-state index is 10.8. The summed E-state index contributed by atoms with van der Waals surface area (Å²) in [5.41, 5.74) is 0.975. The lowest BCUT2D eigenvalue weighted by Crippen LogP contribution is -2.36. The summed E-state index contributed by atoms with van der Waals surface area (Å²) < 4.78 is 10.8. The van der Waals surface area contributed by atoms with E-state index < -0.39 is 12.1 Å². The van der Waals surface area contributed by atoms with Crippen LogP contribution in [0.3, 0.4) is 0 Å². The van der Waals surface area contributed by atoms with Crippen LogP contribution in [0.4, 0.5) is 0 Å². The fraction of sp³-hybridized carbons (Fsp3) is 0.417. The number of hydrogen-bond acceptors (Lipinski definition) is 3. The van der Waals surface area contributed by atoms with Crippen molar-refractivity contribution in [2.45, 2.75) is 25.9 Å². The molecule has 0 saturated heterocycles. The second-order valence-corrected chi connectivity index (χ2v) is 4.08. The minimum absolute atomic E-state index is 0.0594. The molecule has 0 bridgehead atoms. The Bertz CT molecular complexity index is 411. The SMILES string of the molecule is CC(C)c1cccc2c1OC(C(=O)O)CO2. The van der Waals surface area contributed by atoms with E-state index >= 15 is 0 Å². The van der Waals surface area contributed by atoms with Crippen LogP contribution in [-0.4, -0.2) is 23.8 Å². The predicted octanol–water partition coefficient (Wildman–Crippen LogP) is 2.03. The molecule has 0 aromatic heterocycles. The van der Waals surface area contributed by atoms with Gasteiger partial charge in [-0.05, 0) is 12.0 Å². The summed E-state index contributed by atoms with van der Waals surface area (Å²) in [6.07, 6.45) is -0.910. The smallest absolute Gasteiger partial charge is 0.348 e. The van der Waals surface area contributed by atoms with E-state index in [4.69, 9.17) is 14.6 Å². The van der Waals surface area contributed by atoms with Crippen molar-refractivity contribution in [3.63, 3.8) is 0 Å². The molecule has 0 fully saturated rings. The molecule has 86 valence electrons. The van der Waals surface area contributed by atoms with Crippen molar-refractivity contribution in [3.8, 4) is 11.5 Å². The Morgan fingerprint density at radius 2 is 2.25 bits per heavy atom. The molecule has 1 N–H and O–H groups in total. The van der Waals surface area contributed by atoms with Crippen molar-refractivity contribution in [1.82, 2.24) is 0 Å². The summed E-state index contributed by atoms with van der Waals surface area (Å²) in [5, 5.41) is 8.89. The van der Waals surface area contributed by atoms with E-state index in [-0.39, 0.29) is 12.5 Å². The monoisotopic (exact) mass is 222 g/mol. The van der Waals surface area contributed by atoms with Crippen LogP contribution in [0.15, 0.2) is 18.2 Å². The van der Waals surface area contributed by atoms with E-state index in [0.29, 0.717) is 11.5 Å². The van der Waals surface area contributed by atoms with Gasteiger partial charge in [0.1, 0.15) is 6.61 Å². The van der Waals surface area contributed by atoms with E-state index in [1.165, 1.54) is 0 Å². The third kappa shape index (κ3) is 1.83. The number of ether oxygens (including phenoxy) is 2. The molecular formula is C12H14O4. The van der Waals surface area contributed by atoms with Gasteiger partial charge in [0, 0.05) is 5.56 Å². The van der Waals surface area contributed by atoms with Gasteiger partial charge >= 0.3 is 5.97 Å². The highest BCUT2D eigenvalue weighted by molar-refractivity contribution is 5.73. The van der Waals surface area contributed by atoms with E-state index in [1.54, 1.807) is 6.07 Å². The zero-order valence-electron chi connectivity index (χ0n) is 9.27. The standard InChI is InChI=1S/C12H14O4/c1-7(2)8-4-3-5-9-11(8)16-10(6-15-9)12(13)14/h3-5,7,10H,6H2,1-2H3,(H,13,14). The third-order valence-corrected chi connectivity index (χ3v) is 2.56. The molecule has 4 nitrogen and oxygen atoms in total. The second-order valence-electron chi connectivity index (χ2n) is 4.08. The molecule has 0 spiro atoms. The normalized spacial score (nSPS) is 18.6. The van der Waals surface area contributed by atoms with Crippen LogP contribution in [-0.2, 0) is 4.79 Å². The van der Waals surface area contributed by atoms with Gasteiger partial charge in [-0.15, -0.1) is 0 Å². The second kappa shape index (κ2) is 4.04. The Morgan fingerprint density at radius 1 is 1.50 bits per heavy atom. The predicted molar refractivity (Wildman–Crippen MR) is 58.1 cm³/mol. The molecule has 0 radical (unpaired) electrons. The number of rotatable bonds is 2. The van der Waals surface area contributed by atoms with E-state index in [2.05, 4.69) is 0 Å². The Morgan fingerprint density at radius 3 is 2.88 bits per heavy atom. The summed E-state index contributed by atoms with van der Waals surface area (Å²) in [7, 11) is 0. The van der Waals surface area contributed by atoms with Crippen LogP contribution < -0.4 is 9.47 Å². The molecule has 1 aromatic rings. The molecule has 1 heterocycles. The molecule has 2 rings (SSSR count). The summed E-state index contributed by atoms with van der Waals surface area (Å²) >= 11 is 0. The van der Waals surface area contributed by atoms with Crippen LogP contribution in [0, 0.1) is 0 Å². The number of para-hydroxylation sites is 1. The fourth-order valence-corrected chi connectivity index (χ4v) is 1.69. The molecule has 16 heavy (non-hydrogen) atoms. The molecule has 0 aliphatic carbocycles. The summed E-state index contributed by atoms with van der Waals surface area (Å²) in [6.45, 7) is 4.12. The van der Waals surface area contributed by atoms with Crippen LogP contribution in [0.25, 0.3) is 0 Å². The molecule has 4 heteroatoms. The zero-order chi connectivity index (χ0) is 11.7. The van der Waals surface area contributed by atoms with Crippen molar-refractivity contribution in [2.75, 3.05) is 6.61 Å². The Kier molecular flexibility index (Phi) is 2.73. The molecule has 1 aliphatic rings. The lowest BCUT2D eigenvalue weighted by molar-refractivity contribution is -0.147. The number of fused-ring (bicyclic) bond motifs is 1. The van der Waals surface area contributed by atoms with Gasteiger partial charge in [0.2, 0.25) is 6.10 Å². The van der Waals surface area contributed by atoms with Gasteiger partial charge in [-0.2, -0.15) is 0 Å². The third-order valence-electron chi connectivity index (χ3n) is 2.56. The first-order valence-electron chi connectivity index (χ1n) is 5.24. The van der Waals surface area contributed by atoms with Gasteiger partial charge < -0.3 is 14.6 Å². The molecule has 1 unspecified atom stereocenters. The largest absolute Gasteiger partial charge is 0.485 e. The maximum Gasteiger partial charge on any atom is 0.348 e. The molecule has 1 aliphatic heterocycles.